The molecule has 0 aliphatic heterocycles. The molecule has 106 valence electrons. The molecule has 0 fully saturated rings. The molecule has 2 N–H and O–H groups in total. The average molecular weight is 358 g/mol. The molecule has 6 heteroatoms. The van der Waals surface area contributed by atoms with Crippen molar-refractivity contribution in [2.75, 3.05) is 5.73 Å². The minimum absolute atomic E-state index is 0.0301. The van der Waals surface area contributed by atoms with Gasteiger partial charge in [-0.15, -0.1) is 0 Å². The lowest BCUT2D eigenvalue weighted by Crippen LogP contribution is -2.09. The van der Waals surface area contributed by atoms with Gasteiger partial charge in [0.05, 0.1) is 16.3 Å². The molecule has 0 aliphatic carbocycles. The lowest BCUT2D eigenvalue weighted by Gasteiger charge is -2.09. The molecule has 2 rings (SSSR count). The van der Waals surface area contributed by atoms with Crippen LogP contribution in [-0.2, 0) is 15.6 Å². The molecule has 0 unspecified atom stereocenters. The number of nitrogens with two attached hydrogens (primary N) is 1. The fourth-order valence-electron chi connectivity index (χ4n) is 1.89. The van der Waals surface area contributed by atoms with E-state index in [-0.39, 0.29) is 16.1 Å². The molecule has 0 saturated carbocycles. The second kappa shape index (κ2) is 5.54. The van der Waals surface area contributed by atoms with E-state index in [1.807, 2.05) is 6.92 Å². The first-order valence-electron chi connectivity index (χ1n) is 5.82. The second-order valence-electron chi connectivity index (χ2n) is 4.54. The van der Waals surface area contributed by atoms with Crippen LogP contribution in [0.2, 0.25) is 0 Å². The van der Waals surface area contributed by atoms with Gasteiger partial charge in [-0.2, -0.15) is 0 Å². The molecule has 0 amide bonds. The Balaban J connectivity index is 2.43. The van der Waals surface area contributed by atoms with Crippen LogP contribution in [-0.4, -0.2) is 8.42 Å². The Bertz CT molecular complexity index is 760. The molecule has 20 heavy (non-hydrogen) atoms. The lowest BCUT2D eigenvalue weighted by atomic mass is 10.2. The summed E-state index contributed by atoms with van der Waals surface area (Å²) in [6.45, 7) is 1.82. The highest BCUT2D eigenvalue weighted by molar-refractivity contribution is 9.10. The number of rotatable bonds is 3. The van der Waals surface area contributed by atoms with Crippen molar-refractivity contribution in [1.29, 1.82) is 0 Å². The predicted octanol–water partition coefficient (Wildman–Crippen LogP) is 3.45. The number of nitrogen functional groups attached to an aromatic ring is 1. The molecule has 0 atom stereocenters. The van der Waals surface area contributed by atoms with Gasteiger partial charge in [0.25, 0.3) is 0 Å². The van der Waals surface area contributed by atoms with Crippen LogP contribution in [0, 0.1) is 12.7 Å². The van der Waals surface area contributed by atoms with Crippen LogP contribution in [0.15, 0.2) is 45.8 Å². The third-order valence-electron chi connectivity index (χ3n) is 2.85. The van der Waals surface area contributed by atoms with Crippen molar-refractivity contribution < 1.29 is 12.8 Å². The monoisotopic (exact) mass is 357 g/mol. The number of hydrogen-bond acceptors (Lipinski definition) is 3. The van der Waals surface area contributed by atoms with E-state index in [1.54, 1.807) is 12.1 Å². The summed E-state index contributed by atoms with van der Waals surface area (Å²) in [7, 11) is -3.69. The number of aryl methyl sites for hydroxylation is 1. The van der Waals surface area contributed by atoms with E-state index in [2.05, 4.69) is 15.9 Å². The molecule has 0 radical (unpaired) electrons. The van der Waals surface area contributed by atoms with Gasteiger partial charge in [0.1, 0.15) is 5.82 Å². The van der Waals surface area contributed by atoms with E-state index in [0.29, 0.717) is 4.47 Å². The smallest absolute Gasteiger partial charge is 0.184 e. The van der Waals surface area contributed by atoms with Crippen molar-refractivity contribution in [2.45, 2.75) is 17.6 Å². The lowest BCUT2D eigenvalue weighted by molar-refractivity contribution is 0.587. The van der Waals surface area contributed by atoms with Crippen LogP contribution in [0.4, 0.5) is 10.1 Å². The van der Waals surface area contributed by atoms with Crippen molar-refractivity contribution in [3.05, 3.63) is 57.8 Å². The molecule has 0 aliphatic rings. The van der Waals surface area contributed by atoms with Gasteiger partial charge < -0.3 is 5.73 Å². The highest BCUT2D eigenvalue weighted by Gasteiger charge is 2.20. The Kier molecular flexibility index (Phi) is 4.15. The maximum absolute atomic E-state index is 13.7. The highest BCUT2D eigenvalue weighted by Crippen LogP contribution is 2.25. The van der Waals surface area contributed by atoms with Crippen LogP contribution in [0.25, 0.3) is 0 Å². The molecular formula is C14H13BrFNO2S. The molecule has 0 spiro atoms. The van der Waals surface area contributed by atoms with Gasteiger partial charge >= 0.3 is 0 Å². The largest absolute Gasteiger partial charge is 0.398 e. The van der Waals surface area contributed by atoms with Crippen LogP contribution >= 0.6 is 15.9 Å². The Labute approximate surface area is 125 Å². The summed E-state index contributed by atoms with van der Waals surface area (Å²) in [4.78, 5) is 0.0301. The van der Waals surface area contributed by atoms with Crippen molar-refractivity contribution >= 4 is 31.5 Å². The number of hydrogen-bond donors (Lipinski definition) is 1. The summed E-state index contributed by atoms with van der Waals surface area (Å²) >= 11 is 3.20. The minimum atomic E-state index is -3.69. The first-order valence-corrected chi connectivity index (χ1v) is 8.27. The summed E-state index contributed by atoms with van der Waals surface area (Å²) in [5, 5.41) is 0. The maximum atomic E-state index is 13.7. The minimum Gasteiger partial charge on any atom is -0.398 e. The van der Waals surface area contributed by atoms with Gasteiger partial charge in [-0.05, 0) is 42.8 Å². The van der Waals surface area contributed by atoms with Gasteiger partial charge in [-0.1, -0.05) is 22.0 Å². The summed E-state index contributed by atoms with van der Waals surface area (Å²) in [6.07, 6.45) is 0. The molecule has 0 aromatic heterocycles. The molecule has 2 aromatic rings. The third-order valence-corrected chi connectivity index (χ3v) is 5.08. The SMILES string of the molecule is Cc1ccc(S(=O)(=O)Cc2cc(Br)ccc2F)c(N)c1. The fourth-order valence-corrected chi connectivity index (χ4v) is 3.78. The summed E-state index contributed by atoms with van der Waals surface area (Å²) in [5.74, 6) is -0.978. The van der Waals surface area contributed by atoms with Crippen LogP contribution < -0.4 is 5.73 Å². The fraction of sp³-hybridized carbons (Fsp3) is 0.143. The van der Waals surface area contributed by atoms with Crippen molar-refractivity contribution in [2.24, 2.45) is 0 Å². The van der Waals surface area contributed by atoms with Gasteiger partial charge in [0.15, 0.2) is 9.84 Å². The third kappa shape index (κ3) is 3.19. The first kappa shape index (κ1) is 15.0. The van der Waals surface area contributed by atoms with E-state index < -0.39 is 21.4 Å². The van der Waals surface area contributed by atoms with Crippen LogP contribution in [0.1, 0.15) is 11.1 Å². The average Bonchev–Trinajstić information content (AvgIpc) is 2.33. The van der Waals surface area contributed by atoms with Crippen molar-refractivity contribution in [3.63, 3.8) is 0 Å². The van der Waals surface area contributed by atoms with Gasteiger partial charge in [-0.25, -0.2) is 12.8 Å². The van der Waals surface area contributed by atoms with Crippen molar-refractivity contribution in [1.82, 2.24) is 0 Å². The van der Waals surface area contributed by atoms with E-state index in [4.69, 9.17) is 5.73 Å². The van der Waals surface area contributed by atoms with E-state index in [0.717, 1.165) is 5.56 Å². The second-order valence-corrected chi connectivity index (χ2v) is 7.41. The summed E-state index contributed by atoms with van der Waals surface area (Å²) < 4.78 is 39.0. The molecule has 2 aromatic carbocycles. The first-order chi connectivity index (χ1) is 9.29. The Morgan fingerprint density at radius 2 is 1.90 bits per heavy atom. The maximum Gasteiger partial charge on any atom is 0.184 e. The zero-order valence-electron chi connectivity index (χ0n) is 10.7. The number of anilines is 1. The standard InChI is InChI=1S/C14H13BrFNO2S/c1-9-2-5-14(13(17)6-9)20(18,19)8-10-7-11(15)3-4-12(10)16/h2-7H,8,17H2,1H3. The number of sulfone groups is 1. The summed E-state index contributed by atoms with van der Waals surface area (Å²) in [6, 6.07) is 8.91. The van der Waals surface area contributed by atoms with Crippen LogP contribution in [0.3, 0.4) is 0 Å². The zero-order valence-corrected chi connectivity index (χ0v) is 13.1. The van der Waals surface area contributed by atoms with E-state index in [1.165, 1.54) is 24.3 Å². The molecule has 3 nitrogen and oxygen atoms in total. The predicted molar refractivity (Wildman–Crippen MR) is 80.6 cm³/mol. The van der Waals surface area contributed by atoms with Gasteiger partial charge in [0, 0.05) is 10.0 Å². The van der Waals surface area contributed by atoms with Crippen molar-refractivity contribution in [3.8, 4) is 0 Å². The zero-order chi connectivity index (χ0) is 14.9. The van der Waals surface area contributed by atoms with E-state index in [9.17, 15) is 12.8 Å². The topological polar surface area (TPSA) is 60.2 Å². The van der Waals surface area contributed by atoms with Crippen LogP contribution in [0.5, 0.6) is 0 Å². The summed E-state index contributed by atoms with van der Waals surface area (Å²) in [5.41, 5.74) is 6.91. The molecule has 0 heterocycles. The Morgan fingerprint density at radius 3 is 2.55 bits per heavy atom. The number of halogens is 2. The van der Waals surface area contributed by atoms with Gasteiger partial charge in [-0.3, -0.25) is 0 Å². The molecule has 0 bridgehead atoms. The Hall–Kier alpha value is -1.40. The highest BCUT2D eigenvalue weighted by atomic mass is 79.9. The Morgan fingerprint density at radius 1 is 1.20 bits per heavy atom. The quantitative estimate of drug-likeness (QED) is 0.855. The normalized spacial score (nSPS) is 11.6. The molecular weight excluding hydrogens is 345 g/mol. The van der Waals surface area contributed by atoms with E-state index >= 15 is 0 Å². The number of benzene rings is 2. The van der Waals surface area contributed by atoms with Gasteiger partial charge in [0.2, 0.25) is 0 Å². The molecule has 0 saturated heterocycles.